The minimum atomic E-state index is -0.587. The molecule has 0 atom stereocenters. The Balaban J connectivity index is 2.25. The molecule has 4 rings (SSSR count). The van der Waals surface area contributed by atoms with Crippen molar-refractivity contribution in [3.05, 3.63) is 61.5 Å². The van der Waals surface area contributed by atoms with Gasteiger partial charge in [-0.2, -0.15) is 10.1 Å². The first-order valence-corrected chi connectivity index (χ1v) is 7.13. The van der Waals surface area contributed by atoms with E-state index in [1.165, 1.54) is 18.7 Å². The van der Waals surface area contributed by atoms with Gasteiger partial charge in [0.1, 0.15) is 0 Å². The van der Waals surface area contributed by atoms with E-state index in [1.807, 2.05) is 6.07 Å². The van der Waals surface area contributed by atoms with Gasteiger partial charge >= 0.3 is 5.69 Å². The fraction of sp³-hybridized carbons (Fsp3) is 0.133. The number of hydrogen-bond acceptors (Lipinski definition) is 5. The quantitative estimate of drug-likeness (QED) is 0.514. The van der Waals surface area contributed by atoms with Crippen LogP contribution in [0.4, 0.5) is 0 Å². The molecule has 4 aromatic rings. The second-order valence-electron chi connectivity index (χ2n) is 5.39. The zero-order valence-electron chi connectivity index (χ0n) is 12.8. The maximum absolute atomic E-state index is 12.9. The first-order valence-electron chi connectivity index (χ1n) is 7.13. The highest BCUT2D eigenvalue weighted by Crippen LogP contribution is 2.13. The van der Waals surface area contributed by atoms with E-state index in [-0.39, 0.29) is 22.6 Å². The maximum atomic E-state index is 12.9. The summed E-state index contributed by atoms with van der Waals surface area (Å²) in [7, 11) is 2.85. The number of aromatic nitrogens is 6. The molecular weight excluding hydrogens is 312 g/mol. The van der Waals surface area contributed by atoms with Gasteiger partial charge in [0.05, 0.1) is 0 Å². The van der Waals surface area contributed by atoms with E-state index in [9.17, 15) is 14.4 Å². The predicted octanol–water partition coefficient (Wildman–Crippen LogP) is -0.365. The van der Waals surface area contributed by atoms with Gasteiger partial charge in [0, 0.05) is 19.7 Å². The van der Waals surface area contributed by atoms with Gasteiger partial charge in [-0.1, -0.05) is 30.3 Å². The van der Waals surface area contributed by atoms with Crippen molar-refractivity contribution >= 4 is 16.9 Å². The van der Waals surface area contributed by atoms with E-state index in [4.69, 9.17) is 0 Å². The molecule has 3 heterocycles. The molecule has 0 aliphatic heterocycles. The molecular formula is C15H12N6O3. The smallest absolute Gasteiger partial charge is 0.279 e. The van der Waals surface area contributed by atoms with Crippen LogP contribution in [0, 0.1) is 0 Å². The molecule has 0 spiro atoms. The van der Waals surface area contributed by atoms with E-state index < -0.39 is 16.8 Å². The van der Waals surface area contributed by atoms with Crippen molar-refractivity contribution in [2.24, 2.45) is 14.1 Å². The Hall–Kier alpha value is -3.49. The van der Waals surface area contributed by atoms with Gasteiger partial charge < -0.3 is 0 Å². The molecule has 120 valence electrons. The van der Waals surface area contributed by atoms with Crippen molar-refractivity contribution in [3.8, 4) is 11.3 Å². The highest BCUT2D eigenvalue weighted by molar-refractivity contribution is 5.75. The molecule has 9 heteroatoms. The zero-order valence-corrected chi connectivity index (χ0v) is 12.8. The molecule has 0 unspecified atom stereocenters. The Morgan fingerprint density at radius 2 is 1.67 bits per heavy atom. The standard InChI is InChI=1S/C15H12N6O3/c1-19-11-10(13(23)20(2)15(19)24)21-12(22)9(17-18-14(21)16-11)8-6-4-3-5-7-8/h3-7H,1-2H3,(H,16,18). The Kier molecular flexibility index (Phi) is 2.80. The Morgan fingerprint density at radius 3 is 2.38 bits per heavy atom. The predicted molar refractivity (Wildman–Crippen MR) is 87.0 cm³/mol. The Labute approximate surface area is 133 Å². The molecule has 0 amide bonds. The van der Waals surface area contributed by atoms with Gasteiger partial charge in [-0.25, -0.2) is 14.3 Å². The van der Waals surface area contributed by atoms with Crippen molar-refractivity contribution in [1.29, 1.82) is 0 Å². The SMILES string of the molecule is Cn1c(=O)c2c(nc3[nH]nc(-c4ccccc4)c(=O)n32)n(C)c1=O. The number of aryl methyl sites for hydroxylation is 1. The summed E-state index contributed by atoms with van der Waals surface area (Å²) < 4.78 is 3.32. The molecule has 0 saturated carbocycles. The molecule has 1 N–H and O–H groups in total. The van der Waals surface area contributed by atoms with Crippen LogP contribution < -0.4 is 16.8 Å². The molecule has 9 nitrogen and oxygen atoms in total. The van der Waals surface area contributed by atoms with Crippen LogP contribution in [0.25, 0.3) is 28.2 Å². The van der Waals surface area contributed by atoms with Gasteiger partial charge in [-0.15, -0.1) is 0 Å². The molecule has 0 bridgehead atoms. The van der Waals surface area contributed by atoms with Crippen molar-refractivity contribution < 1.29 is 0 Å². The van der Waals surface area contributed by atoms with E-state index in [0.717, 1.165) is 8.97 Å². The number of fused-ring (bicyclic) bond motifs is 3. The minimum absolute atomic E-state index is 0.0374. The van der Waals surface area contributed by atoms with E-state index in [0.29, 0.717) is 5.56 Å². The lowest BCUT2D eigenvalue weighted by Crippen LogP contribution is -2.38. The summed E-state index contributed by atoms with van der Waals surface area (Å²) in [6, 6.07) is 8.89. The van der Waals surface area contributed by atoms with E-state index in [1.54, 1.807) is 24.3 Å². The van der Waals surface area contributed by atoms with Crippen LogP contribution in [0.15, 0.2) is 44.7 Å². The third-order valence-corrected chi connectivity index (χ3v) is 3.98. The van der Waals surface area contributed by atoms with Crippen molar-refractivity contribution in [3.63, 3.8) is 0 Å². The number of nitrogens with one attached hydrogen (secondary N) is 1. The van der Waals surface area contributed by atoms with Gasteiger partial charge in [-0.05, 0) is 0 Å². The van der Waals surface area contributed by atoms with Crippen LogP contribution in [0.5, 0.6) is 0 Å². The minimum Gasteiger partial charge on any atom is -0.279 e. The molecule has 0 fully saturated rings. The van der Waals surface area contributed by atoms with Crippen LogP contribution in [0.3, 0.4) is 0 Å². The molecule has 3 aromatic heterocycles. The second-order valence-corrected chi connectivity index (χ2v) is 5.39. The second kappa shape index (κ2) is 4.75. The topological polar surface area (TPSA) is 107 Å². The van der Waals surface area contributed by atoms with Crippen LogP contribution in [-0.2, 0) is 14.1 Å². The highest BCUT2D eigenvalue weighted by atomic mass is 16.2. The molecule has 0 radical (unpaired) electrons. The number of H-pyrrole nitrogens is 1. The van der Waals surface area contributed by atoms with Crippen molar-refractivity contribution in [1.82, 2.24) is 28.7 Å². The van der Waals surface area contributed by atoms with Crippen LogP contribution in [-0.4, -0.2) is 28.7 Å². The number of rotatable bonds is 1. The van der Waals surface area contributed by atoms with Crippen LogP contribution in [0.1, 0.15) is 0 Å². The zero-order chi connectivity index (χ0) is 17.0. The average Bonchev–Trinajstić information content (AvgIpc) is 3.00. The molecule has 0 aliphatic rings. The molecule has 24 heavy (non-hydrogen) atoms. The third-order valence-electron chi connectivity index (χ3n) is 3.98. The summed E-state index contributed by atoms with van der Waals surface area (Å²) >= 11 is 0. The molecule has 0 aliphatic carbocycles. The molecule has 1 aromatic carbocycles. The third kappa shape index (κ3) is 1.72. The summed E-state index contributed by atoms with van der Waals surface area (Å²) in [6.07, 6.45) is 0. The Morgan fingerprint density at radius 1 is 0.958 bits per heavy atom. The summed E-state index contributed by atoms with van der Waals surface area (Å²) in [5.41, 5.74) is -0.634. The van der Waals surface area contributed by atoms with E-state index in [2.05, 4.69) is 15.2 Å². The first kappa shape index (κ1) is 14.1. The van der Waals surface area contributed by atoms with Crippen LogP contribution in [0.2, 0.25) is 0 Å². The number of benzene rings is 1. The maximum Gasteiger partial charge on any atom is 0.332 e. The fourth-order valence-corrected chi connectivity index (χ4v) is 2.71. The molecule has 0 saturated heterocycles. The fourth-order valence-electron chi connectivity index (χ4n) is 2.71. The number of aromatic amines is 1. The monoisotopic (exact) mass is 324 g/mol. The van der Waals surface area contributed by atoms with Gasteiger partial charge in [0.25, 0.3) is 11.1 Å². The van der Waals surface area contributed by atoms with Crippen LogP contribution >= 0.6 is 0 Å². The lowest BCUT2D eigenvalue weighted by molar-refractivity contribution is 0.707. The van der Waals surface area contributed by atoms with E-state index >= 15 is 0 Å². The number of hydrogen-bond donors (Lipinski definition) is 1. The summed E-state index contributed by atoms with van der Waals surface area (Å²) in [5.74, 6) is 0.105. The summed E-state index contributed by atoms with van der Waals surface area (Å²) in [6.45, 7) is 0. The Bertz CT molecular complexity index is 1280. The largest absolute Gasteiger partial charge is 0.332 e. The summed E-state index contributed by atoms with van der Waals surface area (Å²) in [4.78, 5) is 41.6. The van der Waals surface area contributed by atoms with Gasteiger partial charge in [0.2, 0.25) is 5.78 Å². The van der Waals surface area contributed by atoms with Crippen molar-refractivity contribution in [2.45, 2.75) is 0 Å². The highest BCUT2D eigenvalue weighted by Gasteiger charge is 2.19. The normalized spacial score (nSPS) is 11.4. The summed E-state index contributed by atoms with van der Waals surface area (Å²) in [5, 5.41) is 6.74. The lowest BCUT2D eigenvalue weighted by Gasteiger charge is -2.03. The number of imidazole rings is 1. The lowest BCUT2D eigenvalue weighted by atomic mass is 10.2. The first-order chi connectivity index (χ1) is 11.5. The van der Waals surface area contributed by atoms with Crippen molar-refractivity contribution in [2.75, 3.05) is 0 Å². The average molecular weight is 324 g/mol. The van der Waals surface area contributed by atoms with Gasteiger partial charge in [0.15, 0.2) is 16.9 Å². The van der Waals surface area contributed by atoms with Gasteiger partial charge in [-0.3, -0.25) is 18.7 Å². The number of nitrogens with zero attached hydrogens (tertiary/aromatic N) is 5.